The van der Waals surface area contributed by atoms with Crippen LogP contribution in [0, 0.1) is 6.92 Å². The predicted octanol–water partition coefficient (Wildman–Crippen LogP) is 6.24. The zero-order valence-corrected chi connectivity index (χ0v) is 19.2. The number of fused-ring (bicyclic) bond motifs is 1. The Hall–Kier alpha value is -3.70. The Morgan fingerprint density at radius 1 is 0.970 bits per heavy atom. The highest BCUT2D eigenvalue weighted by molar-refractivity contribution is 7.12. The number of nitrogens with one attached hydrogen (secondary N) is 2. The monoisotopic (exact) mass is 451 g/mol. The van der Waals surface area contributed by atoms with E-state index in [1.54, 1.807) is 11.3 Å². The third kappa shape index (κ3) is 4.73. The molecule has 0 spiro atoms. The standard InChI is InChI=1S/C28H25N3OS/c1-19-30-27(21-12-6-3-7-13-21)28(33-19)25(16-20-10-4-2-5-11-20)31-26(32)17-22-18-29-24-15-9-8-14-23(22)24/h2-15,18,25,29H,16-17H2,1H3,(H,31,32). The highest BCUT2D eigenvalue weighted by Gasteiger charge is 2.23. The summed E-state index contributed by atoms with van der Waals surface area (Å²) >= 11 is 1.66. The lowest BCUT2D eigenvalue weighted by Gasteiger charge is -2.19. The second-order valence-electron chi connectivity index (χ2n) is 8.16. The molecule has 3 aromatic carbocycles. The number of aryl methyl sites for hydroxylation is 1. The maximum Gasteiger partial charge on any atom is 0.225 e. The van der Waals surface area contributed by atoms with Gasteiger partial charge >= 0.3 is 0 Å². The lowest BCUT2D eigenvalue weighted by atomic mass is 10.0. The summed E-state index contributed by atoms with van der Waals surface area (Å²) in [6, 6.07) is 28.4. The first kappa shape index (κ1) is 21.2. The van der Waals surface area contributed by atoms with Crippen LogP contribution in [-0.4, -0.2) is 15.9 Å². The van der Waals surface area contributed by atoms with E-state index >= 15 is 0 Å². The largest absolute Gasteiger partial charge is 0.361 e. The third-order valence-corrected chi connectivity index (χ3v) is 6.85. The summed E-state index contributed by atoms with van der Waals surface area (Å²) in [6.07, 6.45) is 2.97. The molecule has 0 aliphatic carbocycles. The first-order valence-corrected chi connectivity index (χ1v) is 11.9. The topological polar surface area (TPSA) is 57.8 Å². The number of H-pyrrole nitrogens is 1. The molecule has 0 saturated heterocycles. The first-order chi connectivity index (χ1) is 16.2. The summed E-state index contributed by atoms with van der Waals surface area (Å²) in [7, 11) is 0. The van der Waals surface area contributed by atoms with Gasteiger partial charge in [0.25, 0.3) is 0 Å². The van der Waals surface area contributed by atoms with Crippen LogP contribution < -0.4 is 5.32 Å². The second-order valence-corrected chi connectivity index (χ2v) is 9.39. The molecule has 0 aliphatic heterocycles. The van der Waals surface area contributed by atoms with Gasteiger partial charge in [-0.2, -0.15) is 0 Å². The summed E-state index contributed by atoms with van der Waals surface area (Å²) in [5, 5.41) is 5.41. The van der Waals surface area contributed by atoms with Gasteiger partial charge in [-0.05, 0) is 30.5 Å². The molecular formula is C28H25N3OS. The minimum Gasteiger partial charge on any atom is -0.361 e. The number of nitrogens with zero attached hydrogens (tertiary/aromatic N) is 1. The van der Waals surface area contributed by atoms with Gasteiger partial charge in [0, 0.05) is 22.7 Å². The third-order valence-electron chi connectivity index (χ3n) is 5.77. The molecule has 0 fully saturated rings. The second kappa shape index (κ2) is 9.43. The van der Waals surface area contributed by atoms with Crippen LogP contribution in [0.5, 0.6) is 0 Å². The van der Waals surface area contributed by atoms with Gasteiger partial charge in [-0.3, -0.25) is 4.79 Å². The molecule has 4 nitrogen and oxygen atoms in total. The van der Waals surface area contributed by atoms with Crippen LogP contribution in [0.3, 0.4) is 0 Å². The molecule has 1 unspecified atom stereocenters. The number of rotatable bonds is 7. The highest BCUT2D eigenvalue weighted by atomic mass is 32.1. The number of hydrogen-bond acceptors (Lipinski definition) is 3. The lowest BCUT2D eigenvalue weighted by molar-refractivity contribution is -0.121. The number of para-hydroxylation sites is 1. The van der Waals surface area contributed by atoms with Crippen molar-refractivity contribution >= 4 is 28.1 Å². The van der Waals surface area contributed by atoms with Crippen molar-refractivity contribution < 1.29 is 4.79 Å². The number of benzene rings is 3. The molecule has 2 aromatic heterocycles. The van der Waals surface area contributed by atoms with E-state index in [1.165, 1.54) is 5.56 Å². The Kier molecular flexibility index (Phi) is 6.05. The van der Waals surface area contributed by atoms with Crippen LogP contribution in [0.4, 0.5) is 0 Å². The van der Waals surface area contributed by atoms with Crippen molar-refractivity contribution in [2.24, 2.45) is 0 Å². The molecule has 2 heterocycles. The molecule has 0 bridgehead atoms. The van der Waals surface area contributed by atoms with Crippen molar-refractivity contribution in [2.75, 3.05) is 0 Å². The molecule has 5 rings (SSSR count). The fourth-order valence-electron chi connectivity index (χ4n) is 4.24. The fourth-order valence-corrected chi connectivity index (χ4v) is 5.24. The number of hydrogen-bond donors (Lipinski definition) is 2. The molecular weight excluding hydrogens is 426 g/mol. The van der Waals surface area contributed by atoms with E-state index in [1.807, 2.05) is 67.7 Å². The van der Waals surface area contributed by atoms with Crippen molar-refractivity contribution in [1.82, 2.24) is 15.3 Å². The maximum absolute atomic E-state index is 13.2. The molecule has 33 heavy (non-hydrogen) atoms. The van der Waals surface area contributed by atoms with E-state index in [0.717, 1.165) is 37.6 Å². The van der Waals surface area contributed by atoms with E-state index < -0.39 is 0 Å². The minimum absolute atomic E-state index is 0.00532. The minimum atomic E-state index is -0.161. The van der Waals surface area contributed by atoms with Gasteiger partial charge < -0.3 is 10.3 Å². The van der Waals surface area contributed by atoms with Crippen molar-refractivity contribution in [1.29, 1.82) is 0 Å². The van der Waals surface area contributed by atoms with Crippen molar-refractivity contribution in [2.45, 2.75) is 25.8 Å². The Labute approximate surface area is 197 Å². The van der Waals surface area contributed by atoms with Gasteiger partial charge in [0.1, 0.15) is 0 Å². The van der Waals surface area contributed by atoms with Gasteiger partial charge in [-0.15, -0.1) is 11.3 Å². The van der Waals surface area contributed by atoms with Crippen molar-refractivity contribution in [3.8, 4) is 11.3 Å². The van der Waals surface area contributed by atoms with E-state index in [0.29, 0.717) is 12.8 Å². The molecule has 0 saturated carbocycles. The van der Waals surface area contributed by atoms with Crippen molar-refractivity contribution in [3.63, 3.8) is 0 Å². The number of aromatic amines is 1. The normalized spacial score (nSPS) is 12.0. The van der Waals surface area contributed by atoms with Gasteiger partial charge in [-0.25, -0.2) is 4.98 Å². The summed E-state index contributed by atoms with van der Waals surface area (Å²) in [4.78, 5) is 22.4. The van der Waals surface area contributed by atoms with Gasteiger partial charge in [0.2, 0.25) is 5.91 Å². The highest BCUT2D eigenvalue weighted by Crippen LogP contribution is 2.34. The quantitative estimate of drug-likeness (QED) is 0.308. The molecule has 5 aromatic rings. The number of thiazole rings is 1. The number of amides is 1. The van der Waals surface area contributed by atoms with Crippen LogP contribution in [0.2, 0.25) is 0 Å². The van der Waals surface area contributed by atoms with Gasteiger partial charge in [-0.1, -0.05) is 78.9 Å². The Morgan fingerprint density at radius 3 is 2.45 bits per heavy atom. The molecule has 1 amide bonds. The molecule has 1 atom stereocenters. The Bertz CT molecular complexity index is 1370. The number of aromatic nitrogens is 2. The Balaban J connectivity index is 1.46. The van der Waals surface area contributed by atoms with E-state index in [2.05, 4.69) is 40.6 Å². The summed E-state index contributed by atoms with van der Waals surface area (Å²) in [5.74, 6) is 0.00532. The molecule has 5 heteroatoms. The summed E-state index contributed by atoms with van der Waals surface area (Å²) in [6.45, 7) is 2.02. The van der Waals surface area contributed by atoms with Gasteiger partial charge in [0.05, 0.1) is 28.0 Å². The van der Waals surface area contributed by atoms with E-state index in [-0.39, 0.29) is 11.9 Å². The van der Waals surface area contributed by atoms with Crippen LogP contribution >= 0.6 is 11.3 Å². The summed E-state index contributed by atoms with van der Waals surface area (Å²) < 4.78 is 0. The molecule has 2 N–H and O–H groups in total. The summed E-state index contributed by atoms with van der Waals surface area (Å²) in [5.41, 5.74) is 5.25. The molecule has 0 radical (unpaired) electrons. The molecule has 0 aliphatic rings. The smallest absolute Gasteiger partial charge is 0.225 e. The maximum atomic E-state index is 13.2. The average Bonchev–Trinajstić information content (AvgIpc) is 3.43. The number of carbonyl (C=O) groups is 1. The van der Waals surface area contributed by atoms with Crippen molar-refractivity contribution in [3.05, 3.63) is 112 Å². The predicted molar refractivity (Wildman–Crippen MR) is 135 cm³/mol. The zero-order valence-electron chi connectivity index (χ0n) is 18.4. The first-order valence-electron chi connectivity index (χ1n) is 11.1. The Morgan fingerprint density at radius 2 is 1.67 bits per heavy atom. The SMILES string of the molecule is Cc1nc(-c2ccccc2)c(C(Cc2ccccc2)NC(=O)Cc2c[nH]c3ccccc23)s1. The van der Waals surface area contributed by atoms with Crippen LogP contribution in [0.15, 0.2) is 91.1 Å². The van der Waals surface area contributed by atoms with E-state index in [4.69, 9.17) is 4.98 Å². The average molecular weight is 452 g/mol. The molecule has 164 valence electrons. The zero-order chi connectivity index (χ0) is 22.6. The van der Waals surface area contributed by atoms with Gasteiger partial charge in [0.15, 0.2) is 0 Å². The number of carbonyl (C=O) groups excluding carboxylic acids is 1. The van der Waals surface area contributed by atoms with E-state index in [9.17, 15) is 4.79 Å². The fraction of sp³-hybridized carbons (Fsp3) is 0.143. The van der Waals surface area contributed by atoms with Crippen LogP contribution in [0.1, 0.15) is 27.1 Å². The van der Waals surface area contributed by atoms with Crippen LogP contribution in [0.25, 0.3) is 22.2 Å². The van der Waals surface area contributed by atoms with Crippen LogP contribution in [-0.2, 0) is 17.6 Å². The lowest BCUT2D eigenvalue weighted by Crippen LogP contribution is -2.31.